The van der Waals surface area contributed by atoms with Crippen LogP contribution in [0.1, 0.15) is 42.4 Å². The molecular formula is C16H23N3O. The zero-order valence-corrected chi connectivity index (χ0v) is 12.7. The number of ether oxygens (including phenoxy) is 1. The zero-order valence-electron chi connectivity index (χ0n) is 12.7. The van der Waals surface area contributed by atoms with Gasteiger partial charge in [-0.2, -0.15) is 0 Å². The molecule has 1 heterocycles. The number of aromatic nitrogens is 2. The Morgan fingerprint density at radius 2 is 2.10 bits per heavy atom. The van der Waals surface area contributed by atoms with Gasteiger partial charge in [0.05, 0.1) is 19.3 Å². The summed E-state index contributed by atoms with van der Waals surface area (Å²) in [4.78, 5) is 4.44. The molecule has 0 saturated carbocycles. The molecule has 0 spiro atoms. The van der Waals surface area contributed by atoms with Crippen LogP contribution in [-0.2, 0) is 13.1 Å². The second kappa shape index (κ2) is 6.09. The molecule has 1 aromatic heterocycles. The van der Waals surface area contributed by atoms with E-state index in [0.717, 1.165) is 23.8 Å². The number of hydrogen-bond acceptors (Lipinski definition) is 3. The highest BCUT2D eigenvalue weighted by Gasteiger charge is 2.10. The molecule has 20 heavy (non-hydrogen) atoms. The van der Waals surface area contributed by atoms with E-state index >= 15 is 0 Å². The maximum absolute atomic E-state index is 5.64. The van der Waals surface area contributed by atoms with Crippen LogP contribution in [0.4, 0.5) is 0 Å². The van der Waals surface area contributed by atoms with Crippen molar-refractivity contribution in [1.82, 2.24) is 9.55 Å². The Hall–Kier alpha value is -1.81. The van der Waals surface area contributed by atoms with Crippen LogP contribution in [0.2, 0.25) is 0 Å². The minimum atomic E-state index is 0.469. The fourth-order valence-electron chi connectivity index (χ4n) is 2.30. The lowest BCUT2D eigenvalue weighted by Gasteiger charge is -2.14. The van der Waals surface area contributed by atoms with Crippen molar-refractivity contribution in [3.8, 4) is 5.75 Å². The van der Waals surface area contributed by atoms with E-state index < -0.39 is 0 Å². The molecule has 4 heteroatoms. The molecule has 108 valence electrons. The standard InChI is InChI=1S/C16H23N3O/c1-11(2)13-5-6-16(20-4)14(7-13)9-19-10-15(8-17)18-12(19)3/h5-7,10-11H,8-9,17H2,1-4H3. The van der Waals surface area contributed by atoms with Crippen LogP contribution in [0.5, 0.6) is 5.75 Å². The molecule has 2 N–H and O–H groups in total. The number of rotatable bonds is 5. The molecule has 0 atom stereocenters. The number of hydrogen-bond donors (Lipinski definition) is 1. The first-order chi connectivity index (χ1) is 9.55. The Balaban J connectivity index is 2.35. The largest absolute Gasteiger partial charge is 0.496 e. The molecule has 0 unspecified atom stereocenters. The summed E-state index contributed by atoms with van der Waals surface area (Å²) >= 11 is 0. The van der Waals surface area contributed by atoms with Crippen molar-refractivity contribution < 1.29 is 4.74 Å². The Labute approximate surface area is 120 Å². The number of imidazole rings is 1. The van der Waals surface area contributed by atoms with E-state index in [2.05, 4.69) is 35.5 Å². The molecule has 0 fully saturated rings. The van der Waals surface area contributed by atoms with E-state index in [1.807, 2.05) is 19.2 Å². The quantitative estimate of drug-likeness (QED) is 0.911. The van der Waals surface area contributed by atoms with Gasteiger partial charge in [0.25, 0.3) is 0 Å². The van der Waals surface area contributed by atoms with Gasteiger partial charge in [-0.3, -0.25) is 0 Å². The van der Waals surface area contributed by atoms with Crippen LogP contribution in [0.3, 0.4) is 0 Å². The number of methoxy groups -OCH3 is 1. The molecule has 4 nitrogen and oxygen atoms in total. The number of benzene rings is 1. The van der Waals surface area contributed by atoms with E-state index in [1.165, 1.54) is 11.1 Å². The molecule has 0 bridgehead atoms. The fraction of sp³-hybridized carbons (Fsp3) is 0.438. The lowest BCUT2D eigenvalue weighted by atomic mass is 10.00. The summed E-state index contributed by atoms with van der Waals surface area (Å²) in [5, 5.41) is 0. The Bertz CT molecular complexity index is 587. The van der Waals surface area contributed by atoms with Gasteiger partial charge in [-0.15, -0.1) is 0 Å². The molecule has 0 radical (unpaired) electrons. The Kier molecular flexibility index (Phi) is 4.45. The molecule has 0 saturated heterocycles. The van der Waals surface area contributed by atoms with Gasteiger partial charge in [-0.05, 0) is 24.5 Å². The van der Waals surface area contributed by atoms with Crippen LogP contribution in [0.25, 0.3) is 0 Å². The van der Waals surface area contributed by atoms with E-state index in [-0.39, 0.29) is 0 Å². The molecule has 2 rings (SSSR count). The van der Waals surface area contributed by atoms with Crippen LogP contribution in [0.15, 0.2) is 24.4 Å². The van der Waals surface area contributed by atoms with Crippen molar-refractivity contribution in [1.29, 1.82) is 0 Å². The van der Waals surface area contributed by atoms with Crippen LogP contribution < -0.4 is 10.5 Å². The lowest BCUT2D eigenvalue weighted by molar-refractivity contribution is 0.408. The van der Waals surface area contributed by atoms with Crippen LogP contribution in [-0.4, -0.2) is 16.7 Å². The first-order valence-electron chi connectivity index (χ1n) is 6.94. The van der Waals surface area contributed by atoms with Crippen molar-refractivity contribution in [3.63, 3.8) is 0 Å². The van der Waals surface area contributed by atoms with Crippen molar-refractivity contribution in [3.05, 3.63) is 47.0 Å². The zero-order chi connectivity index (χ0) is 14.7. The Morgan fingerprint density at radius 1 is 1.35 bits per heavy atom. The van der Waals surface area contributed by atoms with Gasteiger partial charge in [-0.1, -0.05) is 26.0 Å². The highest BCUT2D eigenvalue weighted by Crippen LogP contribution is 2.25. The normalized spacial score (nSPS) is 11.1. The highest BCUT2D eigenvalue weighted by atomic mass is 16.5. The summed E-state index contributed by atoms with van der Waals surface area (Å²) in [6.45, 7) is 7.61. The second-order valence-electron chi connectivity index (χ2n) is 5.34. The smallest absolute Gasteiger partial charge is 0.123 e. The van der Waals surface area contributed by atoms with Gasteiger partial charge >= 0.3 is 0 Å². The molecular weight excluding hydrogens is 250 g/mol. The molecule has 0 aliphatic rings. The molecule has 0 aliphatic heterocycles. The first-order valence-corrected chi connectivity index (χ1v) is 6.94. The van der Waals surface area contributed by atoms with E-state index in [0.29, 0.717) is 12.5 Å². The minimum absolute atomic E-state index is 0.469. The Morgan fingerprint density at radius 3 is 2.65 bits per heavy atom. The third kappa shape index (κ3) is 3.02. The number of nitrogens with zero attached hydrogens (tertiary/aromatic N) is 2. The summed E-state index contributed by atoms with van der Waals surface area (Å²) in [6.07, 6.45) is 2.01. The van der Waals surface area contributed by atoms with Crippen molar-refractivity contribution in [2.45, 2.75) is 39.8 Å². The second-order valence-corrected chi connectivity index (χ2v) is 5.34. The molecule has 0 amide bonds. The van der Waals surface area contributed by atoms with Crippen molar-refractivity contribution >= 4 is 0 Å². The van der Waals surface area contributed by atoms with Gasteiger partial charge < -0.3 is 15.0 Å². The predicted molar refractivity (Wildman–Crippen MR) is 81.0 cm³/mol. The molecule has 2 aromatic rings. The summed E-state index contributed by atoms with van der Waals surface area (Å²) in [5.41, 5.74) is 9.05. The number of aryl methyl sites for hydroxylation is 1. The maximum Gasteiger partial charge on any atom is 0.123 e. The monoisotopic (exact) mass is 273 g/mol. The van der Waals surface area contributed by atoms with E-state index in [9.17, 15) is 0 Å². The van der Waals surface area contributed by atoms with Crippen LogP contribution >= 0.6 is 0 Å². The summed E-state index contributed by atoms with van der Waals surface area (Å²) in [5.74, 6) is 2.39. The van der Waals surface area contributed by atoms with Gasteiger partial charge in [0, 0.05) is 18.3 Å². The molecule has 0 aliphatic carbocycles. The van der Waals surface area contributed by atoms with Crippen LogP contribution in [0, 0.1) is 6.92 Å². The van der Waals surface area contributed by atoms with Gasteiger partial charge in [0.15, 0.2) is 0 Å². The molecule has 1 aromatic carbocycles. The van der Waals surface area contributed by atoms with E-state index in [1.54, 1.807) is 7.11 Å². The summed E-state index contributed by atoms with van der Waals surface area (Å²) in [6, 6.07) is 6.38. The van der Waals surface area contributed by atoms with Gasteiger partial charge in [0.2, 0.25) is 0 Å². The van der Waals surface area contributed by atoms with Crippen molar-refractivity contribution in [2.75, 3.05) is 7.11 Å². The average molecular weight is 273 g/mol. The predicted octanol–water partition coefficient (Wildman–Crippen LogP) is 2.83. The van der Waals surface area contributed by atoms with Gasteiger partial charge in [-0.25, -0.2) is 4.98 Å². The summed E-state index contributed by atoms with van der Waals surface area (Å²) in [7, 11) is 1.71. The summed E-state index contributed by atoms with van der Waals surface area (Å²) < 4.78 is 7.58. The SMILES string of the molecule is COc1ccc(C(C)C)cc1Cn1cc(CN)nc1C. The first kappa shape index (κ1) is 14.6. The minimum Gasteiger partial charge on any atom is -0.496 e. The highest BCUT2D eigenvalue weighted by molar-refractivity contribution is 5.38. The third-order valence-corrected chi connectivity index (χ3v) is 3.55. The fourth-order valence-corrected chi connectivity index (χ4v) is 2.30. The maximum atomic E-state index is 5.64. The topological polar surface area (TPSA) is 53.1 Å². The van der Waals surface area contributed by atoms with E-state index in [4.69, 9.17) is 10.5 Å². The van der Waals surface area contributed by atoms with Crippen molar-refractivity contribution in [2.24, 2.45) is 5.73 Å². The van der Waals surface area contributed by atoms with Gasteiger partial charge in [0.1, 0.15) is 11.6 Å². The number of nitrogens with two attached hydrogens (primary N) is 1. The lowest BCUT2D eigenvalue weighted by Crippen LogP contribution is -2.04. The average Bonchev–Trinajstić information content (AvgIpc) is 2.79. The third-order valence-electron chi connectivity index (χ3n) is 3.55.